The average molecular weight is 1000 g/mol. The number of hydrogen-bond acceptors (Lipinski definition) is 1. The third kappa shape index (κ3) is 13.1. The van der Waals surface area contributed by atoms with Crippen LogP contribution in [0.3, 0.4) is 0 Å². The first-order chi connectivity index (χ1) is 35.0. The zero-order valence-corrected chi connectivity index (χ0v) is 47.9. The normalized spacial score (nSPS) is 18.1. The van der Waals surface area contributed by atoms with E-state index in [4.69, 9.17) is 0 Å². The number of benzene rings is 5. The monoisotopic (exact) mass is 1000 g/mol. The lowest BCUT2D eigenvalue weighted by molar-refractivity contribution is 0.443. The maximum atomic E-state index is 3.06. The van der Waals surface area contributed by atoms with Crippen LogP contribution in [-0.2, 0) is 0 Å². The van der Waals surface area contributed by atoms with Gasteiger partial charge in [-0.25, -0.2) is 0 Å². The predicted molar refractivity (Wildman–Crippen MR) is 320 cm³/mol. The Morgan fingerprint density at radius 1 is 0.380 bits per heavy atom. The van der Waals surface area contributed by atoms with Crippen molar-refractivity contribution in [1.29, 1.82) is 0 Å². The predicted octanol–water partition coefficient (Wildman–Crippen LogP) is 19.1. The van der Waals surface area contributed by atoms with E-state index in [1.165, 1.54) is 212 Å². The van der Waals surface area contributed by atoms with Crippen LogP contribution in [0.15, 0.2) is 115 Å². The van der Waals surface area contributed by atoms with Gasteiger partial charge in [-0.15, -0.1) is 0 Å². The number of rotatable bonds is 21. The molecule has 4 aliphatic carbocycles. The smallest absolute Gasteiger partial charge is 0.0870 e. The molecule has 4 heteroatoms. The standard InChI is InChI=1S/C67H93NP2Si/c1-5-8-49-71(50-9-6-2,51-10-7-3)67-48-39-62(52-53(67)4)68(69(63-40-31-58(32-41-63)54-23-15-11-16-24-54)64-42-33-59(34-43-64)55-25-17-12-18-26-55)70(65-44-35-60(36-45-65)56-27-19-13-20-28-56)66-46-37-61(38-47-66)57-29-21-14-22-30-57/h31-48,52,54-57H,5-30,49-51H2,1-4H3. The second-order valence-electron chi connectivity index (χ2n) is 23.2. The summed E-state index contributed by atoms with van der Waals surface area (Å²) in [5, 5.41) is 7.75. The van der Waals surface area contributed by atoms with Crippen molar-refractivity contribution in [2.75, 3.05) is 4.44 Å². The first-order valence-corrected chi connectivity index (χ1v) is 35.1. The Balaban J connectivity index is 1.24. The van der Waals surface area contributed by atoms with Gasteiger partial charge in [0.1, 0.15) is 0 Å². The number of hydrogen-bond donors (Lipinski definition) is 0. The summed E-state index contributed by atoms with van der Waals surface area (Å²) in [6.45, 7) is 9.79. The van der Waals surface area contributed by atoms with Gasteiger partial charge in [0, 0.05) is 26.9 Å². The molecule has 0 aromatic heterocycles. The number of anilines is 1. The van der Waals surface area contributed by atoms with Crippen molar-refractivity contribution in [2.24, 2.45) is 0 Å². The molecule has 0 radical (unpaired) electrons. The lowest BCUT2D eigenvalue weighted by Crippen LogP contribution is -2.49. The number of unbranched alkanes of at least 4 members (excludes halogenated alkanes) is 3. The summed E-state index contributed by atoms with van der Waals surface area (Å²) in [5.74, 6) is 2.80. The Bertz CT molecular complexity index is 2060. The third-order valence-electron chi connectivity index (χ3n) is 18.3. The van der Waals surface area contributed by atoms with Crippen LogP contribution in [0.4, 0.5) is 5.69 Å². The second-order valence-corrected chi connectivity index (χ2v) is 32.2. The molecule has 0 aliphatic heterocycles. The van der Waals surface area contributed by atoms with Crippen LogP contribution >= 0.6 is 16.1 Å². The molecule has 71 heavy (non-hydrogen) atoms. The van der Waals surface area contributed by atoms with Crippen LogP contribution in [-0.4, -0.2) is 8.07 Å². The summed E-state index contributed by atoms with van der Waals surface area (Å²) in [6.07, 6.45) is 35.3. The number of nitrogens with zero attached hydrogens (tertiary/aromatic N) is 1. The molecular formula is C67H93NP2Si. The lowest BCUT2D eigenvalue weighted by Gasteiger charge is -2.42. The second kappa shape index (κ2) is 26.5. The highest BCUT2D eigenvalue weighted by Crippen LogP contribution is 2.58. The maximum Gasteiger partial charge on any atom is 0.0870 e. The zero-order chi connectivity index (χ0) is 48.8. The van der Waals surface area contributed by atoms with Crippen LogP contribution in [0.5, 0.6) is 0 Å². The molecule has 4 saturated carbocycles. The minimum atomic E-state index is -1.75. The molecule has 5 aromatic carbocycles. The van der Waals surface area contributed by atoms with Crippen molar-refractivity contribution in [2.45, 2.75) is 236 Å². The van der Waals surface area contributed by atoms with Gasteiger partial charge in [0.2, 0.25) is 0 Å². The molecule has 0 bridgehead atoms. The molecule has 380 valence electrons. The summed E-state index contributed by atoms with van der Waals surface area (Å²) >= 11 is 0. The van der Waals surface area contributed by atoms with E-state index in [1.807, 2.05) is 0 Å². The van der Waals surface area contributed by atoms with Crippen LogP contribution in [0.2, 0.25) is 18.1 Å². The average Bonchev–Trinajstić information content (AvgIpc) is 3.44. The largest absolute Gasteiger partial charge is 0.313 e. The van der Waals surface area contributed by atoms with E-state index >= 15 is 0 Å². The molecule has 5 aromatic rings. The number of aryl methyl sites for hydroxylation is 1. The fourth-order valence-electron chi connectivity index (χ4n) is 14.0. The molecule has 0 atom stereocenters. The summed E-state index contributed by atoms with van der Waals surface area (Å²) in [5.41, 5.74) is 9.24. The van der Waals surface area contributed by atoms with Gasteiger partial charge in [0.05, 0.1) is 24.2 Å². The Hall–Kier alpha value is -3.02. The SMILES string of the molecule is CCCC[Si](CCCC)(CCCC)c1ccc(N(P(c2ccc(C3CCCCC3)cc2)c2ccc(C3CCCCC3)cc2)P(c2ccc(C3CCCCC3)cc2)c2ccc(C3CCCCC3)cc2)cc1C. The van der Waals surface area contributed by atoms with Crippen molar-refractivity contribution >= 4 is 56.3 Å². The fraction of sp³-hybridized carbons (Fsp3) is 0.552. The highest BCUT2D eigenvalue weighted by atomic mass is 31.2. The quantitative estimate of drug-likeness (QED) is 0.0523. The summed E-state index contributed by atoms with van der Waals surface area (Å²) in [7, 11) is -3.71. The van der Waals surface area contributed by atoms with Crippen LogP contribution < -0.4 is 30.8 Å². The fourth-order valence-corrected chi connectivity index (χ4v) is 25.9. The van der Waals surface area contributed by atoms with Crippen molar-refractivity contribution in [3.8, 4) is 0 Å². The molecule has 0 saturated heterocycles. The summed E-state index contributed by atoms with van der Waals surface area (Å²) in [6, 6.07) is 53.8. The highest BCUT2D eigenvalue weighted by molar-refractivity contribution is 7.90. The lowest BCUT2D eigenvalue weighted by atomic mass is 9.84. The van der Waals surface area contributed by atoms with Crippen molar-refractivity contribution in [3.63, 3.8) is 0 Å². The van der Waals surface area contributed by atoms with E-state index < -0.39 is 24.2 Å². The molecule has 0 amide bonds. The topological polar surface area (TPSA) is 3.24 Å². The molecule has 4 fully saturated rings. The molecular weight excluding hydrogens is 909 g/mol. The first-order valence-electron chi connectivity index (χ1n) is 29.9. The van der Waals surface area contributed by atoms with Gasteiger partial charge in [-0.05, 0) is 122 Å². The van der Waals surface area contributed by atoms with E-state index in [2.05, 4.69) is 147 Å². The van der Waals surface area contributed by atoms with Gasteiger partial charge in [0.25, 0.3) is 0 Å². The molecule has 0 spiro atoms. The maximum absolute atomic E-state index is 3.06. The summed E-state index contributed by atoms with van der Waals surface area (Å²) < 4.78 is 3.06. The first kappa shape index (κ1) is 52.8. The van der Waals surface area contributed by atoms with Gasteiger partial charge in [-0.1, -0.05) is 263 Å². The van der Waals surface area contributed by atoms with Gasteiger partial charge >= 0.3 is 0 Å². The Morgan fingerprint density at radius 3 is 0.915 bits per heavy atom. The van der Waals surface area contributed by atoms with Crippen LogP contribution in [0.1, 0.15) is 239 Å². The molecule has 0 heterocycles. The minimum Gasteiger partial charge on any atom is -0.313 e. The molecule has 0 N–H and O–H groups in total. The van der Waals surface area contributed by atoms with Gasteiger partial charge in [-0.2, -0.15) is 0 Å². The van der Waals surface area contributed by atoms with Gasteiger partial charge in [-0.3, -0.25) is 0 Å². The molecule has 4 aliphatic rings. The Labute approximate surface area is 437 Å². The van der Waals surface area contributed by atoms with E-state index in [0.717, 1.165) is 0 Å². The third-order valence-corrected chi connectivity index (χ3v) is 29.4. The zero-order valence-electron chi connectivity index (χ0n) is 45.1. The Morgan fingerprint density at radius 2 is 0.662 bits per heavy atom. The highest BCUT2D eigenvalue weighted by Gasteiger charge is 2.37. The van der Waals surface area contributed by atoms with E-state index in [9.17, 15) is 0 Å². The molecule has 9 rings (SSSR count). The van der Waals surface area contributed by atoms with Crippen LogP contribution in [0.25, 0.3) is 0 Å². The van der Waals surface area contributed by atoms with E-state index in [-0.39, 0.29) is 0 Å². The van der Waals surface area contributed by atoms with Gasteiger partial charge < -0.3 is 4.44 Å². The molecule has 0 unspecified atom stereocenters. The van der Waals surface area contributed by atoms with Crippen LogP contribution in [0, 0.1) is 6.92 Å². The molecule has 1 nitrogen and oxygen atoms in total. The summed E-state index contributed by atoms with van der Waals surface area (Å²) in [4.78, 5) is 0. The van der Waals surface area contributed by atoms with Crippen molar-refractivity contribution < 1.29 is 0 Å². The Kier molecular flexibility index (Phi) is 19.7. The van der Waals surface area contributed by atoms with Gasteiger partial charge in [0.15, 0.2) is 0 Å². The van der Waals surface area contributed by atoms with Crippen molar-refractivity contribution in [1.82, 2.24) is 0 Å². The minimum absolute atomic E-state index is 0.699. The van der Waals surface area contributed by atoms with Crippen molar-refractivity contribution in [3.05, 3.63) is 143 Å². The van der Waals surface area contributed by atoms with E-state index in [1.54, 1.807) is 33.0 Å². The van der Waals surface area contributed by atoms with E-state index in [0.29, 0.717) is 23.7 Å².